The van der Waals surface area contributed by atoms with Gasteiger partial charge in [-0.2, -0.15) is 0 Å². The molecular weight excluding hydrogens is 530 g/mol. The summed E-state index contributed by atoms with van der Waals surface area (Å²) in [6, 6.07) is 0. The summed E-state index contributed by atoms with van der Waals surface area (Å²) in [5, 5.41) is 0. The zero-order valence-electron chi connectivity index (χ0n) is 32.3. The molecule has 0 aliphatic heterocycles. The Kier molecular flexibility index (Phi) is 47.2. The molecule has 0 spiro atoms. The SMILES string of the molecule is CCCCCCCCCCCCC.CCCCCCCCCCCCCCCN(CCC)CCCCCCCCCCCC. The minimum absolute atomic E-state index is 1.32. The molecule has 44 heavy (non-hydrogen) atoms. The predicted octanol–water partition coefficient (Wildman–Crippen LogP) is 16.0. The van der Waals surface area contributed by atoms with Gasteiger partial charge in [-0.15, -0.1) is 0 Å². The Labute approximate surface area is 283 Å². The van der Waals surface area contributed by atoms with Crippen molar-refractivity contribution in [2.45, 2.75) is 259 Å². The van der Waals surface area contributed by atoms with Gasteiger partial charge in [0.15, 0.2) is 0 Å². The van der Waals surface area contributed by atoms with Gasteiger partial charge < -0.3 is 4.90 Å². The van der Waals surface area contributed by atoms with E-state index >= 15 is 0 Å². The first-order valence-corrected chi connectivity index (χ1v) is 21.5. The second-order valence-corrected chi connectivity index (χ2v) is 14.4. The highest BCUT2D eigenvalue weighted by Crippen LogP contribution is 2.14. The summed E-state index contributed by atoms with van der Waals surface area (Å²) in [6.07, 6.45) is 50.7. The lowest BCUT2D eigenvalue weighted by atomic mass is 10.0. The van der Waals surface area contributed by atoms with Gasteiger partial charge in [-0.25, -0.2) is 0 Å². The third-order valence-corrected chi connectivity index (χ3v) is 9.65. The molecule has 1 nitrogen and oxygen atoms in total. The molecule has 0 atom stereocenters. The van der Waals surface area contributed by atoms with Crippen molar-refractivity contribution in [1.82, 2.24) is 4.90 Å². The highest BCUT2D eigenvalue weighted by Gasteiger charge is 2.04. The van der Waals surface area contributed by atoms with Gasteiger partial charge in [-0.1, -0.05) is 240 Å². The van der Waals surface area contributed by atoms with Crippen LogP contribution in [0.1, 0.15) is 259 Å². The van der Waals surface area contributed by atoms with Gasteiger partial charge in [0, 0.05) is 0 Å². The van der Waals surface area contributed by atoms with Crippen molar-refractivity contribution in [3.63, 3.8) is 0 Å². The van der Waals surface area contributed by atoms with Crippen LogP contribution < -0.4 is 0 Å². The van der Waals surface area contributed by atoms with Crippen LogP contribution in [0.3, 0.4) is 0 Å². The molecule has 0 saturated carbocycles. The molecule has 0 rings (SSSR count). The summed E-state index contributed by atoms with van der Waals surface area (Å²) < 4.78 is 0. The summed E-state index contributed by atoms with van der Waals surface area (Å²) in [5.74, 6) is 0. The van der Waals surface area contributed by atoms with Crippen molar-refractivity contribution in [2.75, 3.05) is 19.6 Å². The van der Waals surface area contributed by atoms with E-state index in [2.05, 4.69) is 39.5 Å². The molecule has 0 radical (unpaired) electrons. The second kappa shape index (κ2) is 45.1. The highest BCUT2D eigenvalue weighted by atomic mass is 15.1. The monoisotopic (exact) mass is 622 g/mol. The Morgan fingerprint density at radius 3 is 0.545 bits per heavy atom. The summed E-state index contributed by atoms with van der Waals surface area (Å²) in [6.45, 7) is 15.5. The molecule has 0 aromatic rings. The van der Waals surface area contributed by atoms with Gasteiger partial charge in [0.05, 0.1) is 0 Å². The molecule has 0 fully saturated rings. The first-order valence-electron chi connectivity index (χ1n) is 21.5. The number of hydrogen-bond donors (Lipinski definition) is 0. The van der Waals surface area contributed by atoms with Gasteiger partial charge in [0.2, 0.25) is 0 Å². The molecule has 0 saturated heterocycles. The van der Waals surface area contributed by atoms with Crippen LogP contribution in [0.25, 0.3) is 0 Å². The Balaban J connectivity index is 0. The zero-order valence-corrected chi connectivity index (χ0v) is 32.3. The van der Waals surface area contributed by atoms with Crippen LogP contribution in [0, 0.1) is 0 Å². The van der Waals surface area contributed by atoms with E-state index < -0.39 is 0 Å². The van der Waals surface area contributed by atoms with Crippen LogP contribution >= 0.6 is 0 Å². The summed E-state index contributed by atoms with van der Waals surface area (Å²) >= 11 is 0. The molecule has 0 aliphatic carbocycles. The van der Waals surface area contributed by atoms with Crippen molar-refractivity contribution in [2.24, 2.45) is 0 Å². The molecule has 1 heteroatoms. The topological polar surface area (TPSA) is 3.24 Å². The smallest absolute Gasteiger partial charge is 0.00187 e. The molecule has 0 unspecified atom stereocenters. The third-order valence-electron chi connectivity index (χ3n) is 9.65. The first-order chi connectivity index (χ1) is 21.8. The largest absolute Gasteiger partial charge is 0.303 e. The van der Waals surface area contributed by atoms with E-state index in [0.717, 1.165) is 0 Å². The Bertz CT molecular complexity index is 436. The van der Waals surface area contributed by atoms with E-state index in [4.69, 9.17) is 0 Å². The van der Waals surface area contributed by atoms with E-state index in [9.17, 15) is 0 Å². The number of hydrogen-bond acceptors (Lipinski definition) is 1. The average Bonchev–Trinajstić information content (AvgIpc) is 3.03. The standard InChI is InChI=1S/C30H63N.C13H28/c1-4-7-9-11-13-15-17-18-19-21-23-25-27-30-31(28-6-3)29-26-24-22-20-16-14-12-10-8-5-2;1-3-5-7-9-11-13-12-10-8-6-4-2/h4-30H2,1-3H3;3-13H2,1-2H3. The van der Waals surface area contributed by atoms with E-state index in [1.807, 2.05) is 0 Å². The first kappa shape index (κ1) is 46.1. The van der Waals surface area contributed by atoms with Gasteiger partial charge in [0.25, 0.3) is 0 Å². The van der Waals surface area contributed by atoms with Crippen LogP contribution in [0.15, 0.2) is 0 Å². The molecule has 0 aromatic carbocycles. The molecule has 268 valence electrons. The van der Waals surface area contributed by atoms with Crippen LogP contribution in [0.2, 0.25) is 0 Å². The number of nitrogens with zero attached hydrogens (tertiary/aromatic N) is 1. The summed E-state index contributed by atoms with van der Waals surface area (Å²) in [4.78, 5) is 2.75. The van der Waals surface area contributed by atoms with E-state index in [0.29, 0.717) is 0 Å². The van der Waals surface area contributed by atoms with Gasteiger partial charge in [-0.05, 0) is 38.9 Å². The van der Waals surface area contributed by atoms with Crippen LogP contribution in [0.5, 0.6) is 0 Å². The fraction of sp³-hybridized carbons (Fsp3) is 1.00. The van der Waals surface area contributed by atoms with Crippen molar-refractivity contribution in [1.29, 1.82) is 0 Å². The van der Waals surface area contributed by atoms with Crippen molar-refractivity contribution < 1.29 is 0 Å². The van der Waals surface area contributed by atoms with Crippen molar-refractivity contribution >= 4 is 0 Å². The number of unbranched alkanes of at least 4 members (excludes halogenated alkanes) is 31. The maximum atomic E-state index is 2.75. The van der Waals surface area contributed by atoms with Crippen LogP contribution in [0.4, 0.5) is 0 Å². The fourth-order valence-electron chi connectivity index (χ4n) is 6.57. The van der Waals surface area contributed by atoms with Crippen molar-refractivity contribution in [3.8, 4) is 0 Å². The summed E-state index contributed by atoms with van der Waals surface area (Å²) in [5.41, 5.74) is 0. The molecule has 0 aromatic heterocycles. The normalized spacial score (nSPS) is 11.3. The molecular formula is C43H91N. The molecule has 0 aliphatic rings. The minimum atomic E-state index is 1.32. The van der Waals surface area contributed by atoms with E-state index in [1.54, 1.807) is 0 Å². The highest BCUT2D eigenvalue weighted by molar-refractivity contribution is 4.59. The Morgan fingerprint density at radius 2 is 0.364 bits per heavy atom. The number of rotatable bonds is 37. The summed E-state index contributed by atoms with van der Waals surface area (Å²) in [7, 11) is 0. The fourth-order valence-corrected chi connectivity index (χ4v) is 6.57. The maximum absolute atomic E-state index is 2.75. The average molecular weight is 622 g/mol. The lowest BCUT2D eigenvalue weighted by molar-refractivity contribution is 0.260. The lowest BCUT2D eigenvalue weighted by Crippen LogP contribution is -2.27. The van der Waals surface area contributed by atoms with Crippen molar-refractivity contribution in [3.05, 3.63) is 0 Å². The molecule has 0 bridgehead atoms. The quantitative estimate of drug-likeness (QED) is 0.0624. The van der Waals surface area contributed by atoms with E-state index in [-0.39, 0.29) is 0 Å². The van der Waals surface area contributed by atoms with Gasteiger partial charge in [-0.3, -0.25) is 0 Å². The molecule has 0 heterocycles. The maximum Gasteiger partial charge on any atom is -0.00187 e. The zero-order chi connectivity index (χ0) is 32.4. The lowest BCUT2D eigenvalue weighted by Gasteiger charge is -2.21. The predicted molar refractivity (Wildman–Crippen MR) is 206 cm³/mol. The van der Waals surface area contributed by atoms with Crippen LogP contribution in [-0.2, 0) is 0 Å². The second-order valence-electron chi connectivity index (χ2n) is 14.4. The van der Waals surface area contributed by atoms with Crippen LogP contribution in [-0.4, -0.2) is 24.5 Å². The Hall–Kier alpha value is -0.0400. The minimum Gasteiger partial charge on any atom is -0.303 e. The Morgan fingerprint density at radius 1 is 0.182 bits per heavy atom. The molecule has 0 amide bonds. The van der Waals surface area contributed by atoms with Gasteiger partial charge in [0.1, 0.15) is 0 Å². The molecule has 0 N–H and O–H groups in total. The third kappa shape index (κ3) is 44.1. The van der Waals surface area contributed by atoms with E-state index in [1.165, 1.54) is 244 Å². The van der Waals surface area contributed by atoms with Gasteiger partial charge >= 0.3 is 0 Å².